The number of carbonyl (C=O) groups is 2. The smallest absolute Gasteiger partial charge is 0.286 e. The molecule has 24 heavy (non-hydrogen) atoms. The molecule has 0 atom stereocenters. The van der Waals surface area contributed by atoms with Crippen LogP contribution in [0.4, 0.5) is 5.69 Å². The van der Waals surface area contributed by atoms with Crippen molar-refractivity contribution in [3.8, 4) is 0 Å². The van der Waals surface area contributed by atoms with Crippen LogP contribution in [0, 0.1) is 6.92 Å². The van der Waals surface area contributed by atoms with Crippen molar-refractivity contribution in [2.75, 3.05) is 11.1 Å². The van der Waals surface area contributed by atoms with E-state index in [0.717, 1.165) is 29.1 Å². The van der Waals surface area contributed by atoms with E-state index in [1.54, 1.807) is 0 Å². The van der Waals surface area contributed by atoms with E-state index >= 15 is 0 Å². The molecule has 126 valence electrons. The quantitative estimate of drug-likeness (QED) is 0.791. The molecule has 1 fully saturated rings. The van der Waals surface area contributed by atoms with Crippen molar-refractivity contribution in [3.05, 3.63) is 39.8 Å². The lowest BCUT2D eigenvalue weighted by Crippen LogP contribution is -2.27. The number of aromatic nitrogens is 2. The average Bonchev–Trinajstić information content (AvgIpc) is 3.23. The van der Waals surface area contributed by atoms with E-state index in [-0.39, 0.29) is 11.8 Å². The summed E-state index contributed by atoms with van der Waals surface area (Å²) in [5.41, 5.74) is 1.86. The van der Waals surface area contributed by atoms with Gasteiger partial charge in [0, 0.05) is 17.5 Å². The van der Waals surface area contributed by atoms with E-state index < -0.39 is 0 Å². The fraction of sp³-hybridized carbons (Fsp3) is 0.375. The van der Waals surface area contributed by atoms with Gasteiger partial charge in [-0.3, -0.25) is 9.59 Å². The first-order chi connectivity index (χ1) is 11.6. The van der Waals surface area contributed by atoms with Gasteiger partial charge in [0.15, 0.2) is 0 Å². The van der Waals surface area contributed by atoms with Gasteiger partial charge in [0.2, 0.25) is 10.9 Å². The highest BCUT2D eigenvalue weighted by molar-refractivity contribution is 7.99. The maximum Gasteiger partial charge on any atom is 0.286 e. The van der Waals surface area contributed by atoms with Gasteiger partial charge in [-0.2, -0.15) is 0 Å². The minimum Gasteiger partial charge on any atom is -0.353 e. The maximum absolute atomic E-state index is 12.1. The second kappa shape index (κ2) is 7.76. The molecule has 1 aromatic carbocycles. The molecule has 1 aromatic heterocycles. The molecule has 6 nitrogen and oxygen atoms in total. The first-order valence-electron chi connectivity index (χ1n) is 7.67. The van der Waals surface area contributed by atoms with Crippen LogP contribution in [0.3, 0.4) is 0 Å². The van der Waals surface area contributed by atoms with Gasteiger partial charge in [-0.1, -0.05) is 29.0 Å². The molecule has 0 aliphatic heterocycles. The Morgan fingerprint density at radius 3 is 2.71 bits per heavy atom. The number of benzene rings is 1. The van der Waals surface area contributed by atoms with Gasteiger partial charge in [-0.05, 0) is 31.9 Å². The van der Waals surface area contributed by atoms with Crippen molar-refractivity contribution in [1.82, 2.24) is 15.5 Å². The van der Waals surface area contributed by atoms with Crippen molar-refractivity contribution in [2.24, 2.45) is 0 Å². The largest absolute Gasteiger partial charge is 0.353 e. The van der Waals surface area contributed by atoms with Gasteiger partial charge in [-0.15, -0.1) is 22.0 Å². The van der Waals surface area contributed by atoms with Gasteiger partial charge in [0.05, 0.1) is 5.75 Å². The summed E-state index contributed by atoms with van der Waals surface area (Å²) in [6.07, 6.45) is 2.18. The predicted molar refractivity (Wildman–Crippen MR) is 96.4 cm³/mol. The van der Waals surface area contributed by atoms with Crippen LogP contribution >= 0.6 is 23.1 Å². The van der Waals surface area contributed by atoms with E-state index in [2.05, 4.69) is 20.8 Å². The summed E-state index contributed by atoms with van der Waals surface area (Å²) >= 11 is 2.73. The number of anilines is 1. The van der Waals surface area contributed by atoms with Gasteiger partial charge in [-0.25, -0.2) is 0 Å². The third-order valence-electron chi connectivity index (χ3n) is 3.37. The summed E-state index contributed by atoms with van der Waals surface area (Å²) in [5, 5.41) is 14.8. The Morgan fingerprint density at radius 2 is 2.00 bits per heavy atom. The molecule has 1 saturated carbocycles. The van der Waals surface area contributed by atoms with Crippen LogP contribution in [0.25, 0.3) is 0 Å². The van der Waals surface area contributed by atoms with E-state index in [1.165, 1.54) is 23.1 Å². The molecule has 3 rings (SSSR count). The van der Waals surface area contributed by atoms with Gasteiger partial charge in [0.25, 0.3) is 5.91 Å². The van der Waals surface area contributed by atoms with Crippen LogP contribution in [0.2, 0.25) is 0 Å². The number of hydrogen-bond donors (Lipinski definition) is 2. The van der Waals surface area contributed by atoms with Crippen LogP contribution in [-0.2, 0) is 10.5 Å². The van der Waals surface area contributed by atoms with Crippen molar-refractivity contribution in [3.63, 3.8) is 0 Å². The SMILES string of the molecule is Cc1ccc(NC(=O)c2nnc(CSCC(=O)NC3CC3)s2)cc1. The summed E-state index contributed by atoms with van der Waals surface area (Å²) in [6, 6.07) is 7.96. The monoisotopic (exact) mass is 362 g/mol. The van der Waals surface area contributed by atoms with Gasteiger partial charge < -0.3 is 10.6 Å². The molecule has 2 aromatic rings. The first-order valence-corrected chi connectivity index (χ1v) is 9.65. The molecule has 8 heteroatoms. The molecule has 0 bridgehead atoms. The van der Waals surface area contributed by atoms with Crippen LogP contribution in [0.15, 0.2) is 24.3 Å². The average molecular weight is 362 g/mol. The Hall–Kier alpha value is -1.93. The van der Waals surface area contributed by atoms with Crippen molar-refractivity contribution in [2.45, 2.75) is 31.6 Å². The van der Waals surface area contributed by atoms with Gasteiger partial charge in [0.1, 0.15) is 5.01 Å². The molecule has 2 amide bonds. The van der Waals surface area contributed by atoms with Crippen molar-refractivity contribution >= 4 is 40.6 Å². The Balaban J connectivity index is 1.46. The zero-order chi connectivity index (χ0) is 16.9. The van der Waals surface area contributed by atoms with Crippen LogP contribution < -0.4 is 10.6 Å². The normalized spacial score (nSPS) is 13.5. The highest BCUT2D eigenvalue weighted by Crippen LogP contribution is 2.20. The highest BCUT2D eigenvalue weighted by atomic mass is 32.2. The number of aryl methyl sites for hydroxylation is 1. The van der Waals surface area contributed by atoms with E-state index in [4.69, 9.17) is 0 Å². The lowest BCUT2D eigenvalue weighted by molar-refractivity contribution is -0.118. The lowest BCUT2D eigenvalue weighted by atomic mass is 10.2. The zero-order valence-corrected chi connectivity index (χ0v) is 14.9. The number of nitrogens with one attached hydrogen (secondary N) is 2. The summed E-state index contributed by atoms with van der Waals surface area (Å²) < 4.78 is 0. The second-order valence-corrected chi connectivity index (χ2v) is 7.70. The van der Waals surface area contributed by atoms with E-state index in [0.29, 0.717) is 22.6 Å². The topological polar surface area (TPSA) is 84.0 Å². The number of rotatable bonds is 7. The summed E-state index contributed by atoms with van der Waals surface area (Å²) in [5.74, 6) is 0.776. The number of nitrogens with zero attached hydrogens (tertiary/aromatic N) is 2. The lowest BCUT2D eigenvalue weighted by Gasteiger charge is -2.02. The molecule has 2 N–H and O–H groups in total. The Kier molecular flexibility index (Phi) is 5.47. The van der Waals surface area contributed by atoms with Crippen molar-refractivity contribution < 1.29 is 9.59 Å². The Bertz CT molecular complexity index is 726. The molecular formula is C16H18N4O2S2. The van der Waals surface area contributed by atoms with Crippen LogP contribution in [0.1, 0.15) is 33.2 Å². The fourth-order valence-corrected chi connectivity index (χ4v) is 3.57. The van der Waals surface area contributed by atoms with Crippen LogP contribution in [-0.4, -0.2) is 33.8 Å². The number of hydrogen-bond acceptors (Lipinski definition) is 6. The standard InChI is InChI=1S/C16H18N4O2S2/c1-10-2-4-12(5-3-10)18-15(22)16-20-19-14(24-16)9-23-8-13(21)17-11-6-7-11/h2-5,11H,6-9H2,1H3,(H,17,21)(H,18,22). The third kappa shape index (κ3) is 5.04. The highest BCUT2D eigenvalue weighted by Gasteiger charge is 2.23. The molecular weight excluding hydrogens is 344 g/mol. The Labute approximate surface area is 148 Å². The summed E-state index contributed by atoms with van der Waals surface area (Å²) in [6.45, 7) is 1.99. The molecule has 0 unspecified atom stereocenters. The number of amides is 2. The molecule has 0 radical (unpaired) electrons. The summed E-state index contributed by atoms with van der Waals surface area (Å²) in [4.78, 5) is 23.7. The molecule has 1 heterocycles. The van der Waals surface area contributed by atoms with Crippen molar-refractivity contribution in [1.29, 1.82) is 0 Å². The second-order valence-electron chi connectivity index (χ2n) is 5.66. The molecule has 0 saturated heterocycles. The van der Waals surface area contributed by atoms with Crippen LogP contribution in [0.5, 0.6) is 0 Å². The third-order valence-corrected chi connectivity index (χ3v) is 5.42. The summed E-state index contributed by atoms with van der Waals surface area (Å²) in [7, 11) is 0. The van der Waals surface area contributed by atoms with E-state index in [1.807, 2.05) is 31.2 Å². The maximum atomic E-state index is 12.1. The molecule has 1 aliphatic carbocycles. The zero-order valence-electron chi connectivity index (χ0n) is 13.2. The number of carbonyl (C=O) groups excluding carboxylic acids is 2. The minimum absolute atomic E-state index is 0.0596. The number of thioether (sulfide) groups is 1. The van der Waals surface area contributed by atoms with Gasteiger partial charge >= 0.3 is 0 Å². The molecule has 0 spiro atoms. The fourth-order valence-electron chi connectivity index (χ4n) is 1.95. The van der Waals surface area contributed by atoms with E-state index in [9.17, 15) is 9.59 Å². The Morgan fingerprint density at radius 1 is 1.25 bits per heavy atom. The minimum atomic E-state index is -0.265. The first kappa shape index (κ1) is 16.9. The predicted octanol–water partition coefficient (Wildman–Crippen LogP) is 2.61. The molecule has 1 aliphatic rings.